The summed E-state index contributed by atoms with van der Waals surface area (Å²) in [5.41, 5.74) is 7.69. The molecule has 8 nitrogen and oxygen atoms in total. The molecule has 0 saturated heterocycles. The van der Waals surface area contributed by atoms with Crippen LogP contribution in [0.4, 0.5) is 10.1 Å². The average Bonchev–Trinajstić information content (AvgIpc) is 3.54. The molecule has 0 aliphatic heterocycles. The van der Waals surface area contributed by atoms with Crippen LogP contribution in [0.15, 0.2) is 67.3 Å². The Morgan fingerprint density at radius 3 is 2.68 bits per heavy atom. The molecule has 3 N–H and O–H groups in total. The van der Waals surface area contributed by atoms with E-state index in [-0.39, 0.29) is 17.6 Å². The number of halogens is 1. The van der Waals surface area contributed by atoms with Crippen molar-refractivity contribution in [3.8, 4) is 33.6 Å². The van der Waals surface area contributed by atoms with Crippen molar-refractivity contribution in [3.05, 3.63) is 78.6 Å². The number of pyridine rings is 3. The van der Waals surface area contributed by atoms with Gasteiger partial charge in [0.05, 0.1) is 23.3 Å². The summed E-state index contributed by atoms with van der Waals surface area (Å²) in [7, 11) is 0. The minimum absolute atomic E-state index is 0.0369. The number of rotatable bonds is 5. The van der Waals surface area contributed by atoms with Gasteiger partial charge in [0.1, 0.15) is 11.5 Å². The number of aryl methyl sites for hydroxylation is 1. The van der Waals surface area contributed by atoms with Crippen LogP contribution in [-0.4, -0.2) is 36.0 Å². The van der Waals surface area contributed by atoms with Crippen LogP contribution in [0.2, 0.25) is 0 Å². The summed E-state index contributed by atoms with van der Waals surface area (Å²) in [6.07, 6.45) is 8.73. The van der Waals surface area contributed by atoms with Gasteiger partial charge >= 0.3 is 0 Å². The molecule has 5 heterocycles. The smallest absolute Gasteiger partial charge is 0.227 e. The largest absolute Gasteiger partial charge is 0.338 e. The summed E-state index contributed by atoms with van der Waals surface area (Å²) in [5, 5.41) is 12.1. The molecule has 1 aliphatic carbocycles. The van der Waals surface area contributed by atoms with Gasteiger partial charge in [0.2, 0.25) is 5.91 Å². The molecule has 7 rings (SSSR count). The van der Waals surface area contributed by atoms with Crippen molar-refractivity contribution in [1.29, 1.82) is 0 Å². The molecule has 0 atom stereocenters. The van der Waals surface area contributed by atoms with E-state index in [1.54, 1.807) is 24.8 Å². The van der Waals surface area contributed by atoms with Gasteiger partial charge in [-0.05, 0) is 72.9 Å². The SMILES string of the molecule is Cc1cc(F)cc(-c2ccnc3[nH]c(-c4[nH]nc5ncc(-c6cncc(NC(=O)C7CC7)c6)cc45)cc23)c1. The fourth-order valence-electron chi connectivity index (χ4n) is 4.82. The van der Waals surface area contributed by atoms with Crippen molar-refractivity contribution in [3.63, 3.8) is 0 Å². The van der Waals surface area contributed by atoms with E-state index in [1.807, 2.05) is 37.3 Å². The van der Waals surface area contributed by atoms with Crippen molar-refractivity contribution in [2.45, 2.75) is 19.8 Å². The molecule has 0 radical (unpaired) electrons. The molecule has 0 spiro atoms. The van der Waals surface area contributed by atoms with Gasteiger partial charge in [0.25, 0.3) is 0 Å². The summed E-state index contributed by atoms with van der Waals surface area (Å²) < 4.78 is 14.2. The Kier molecular flexibility index (Phi) is 5.04. The highest BCUT2D eigenvalue weighted by Gasteiger charge is 2.29. The lowest BCUT2D eigenvalue weighted by atomic mass is 10.0. The number of nitrogens with one attached hydrogen (secondary N) is 3. The number of anilines is 1. The lowest BCUT2D eigenvalue weighted by Crippen LogP contribution is -2.13. The molecule has 5 aromatic heterocycles. The number of hydrogen-bond donors (Lipinski definition) is 3. The standard InChI is InChI=1S/C29H22FN7O/c1-15-6-17(8-20(30)7-15)22-4-5-32-27-23(22)11-25(35-27)26-24-10-19(13-33-28(24)37-36-26)18-9-21(14-31-12-18)34-29(38)16-2-3-16/h4-14,16H,2-3H2,1H3,(H,32,35)(H,34,38)(H,33,36,37). The Labute approximate surface area is 216 Å². The van der Waals surface area contributed by atoms with Gasteiger partial charge in [0.15, 0.2) is 5.65 Å². The van der Waals surface area contributed by atoms with Gasteiger partial charge in [-0.15, -0.1) is 0 Å². The number of aromatic amines is 2. The van der Waals surface area contributed by atoms with E-state index in [2.05, 4.69) is 35.5 Å². The first-order valence-electron chi connectivity index (χ1n) is 12.4. The number of hydrogen-bond acceptors (Lipinski definition) is 5. The van der Waals surface area contributed by atoms with Gasteiger partial charge in [-0.25, -0.2) is 14.4 Å². The number of nitrogens with zero attached hydrogens (tertiary/aromatic N) is 4. The quantitative estimate of drug-likeness (QED) is 0.266. The second kappa shape index (κ2) is 8.58. The third-order valence-corrected chi connectivity index (χ3v) is 6.85. The highest BCUT2D eigenvalue weighted by molar-refractivity contribution is 6.00. The van der Waals surface area contributed by atoms with Crippen LogP contribution in [0.1, 0.15) is 18.4 Å². The minimum Gasteiger partial charge on any atom is -0.338 e. The molecule has 6 aromatic rings. The van der Waals surface area contributed by atoms with E-state index >= 15 is 0 Å². The normalized spacial score (nSPS) is 13.3. The predicted octanol–water partition coefficient (Wildman–Crippen LogP) is 6.03. The Hall–Kier alpha value is -4.92. The molecular weight excluding hydrogens is 481 g/mol. The van der Waals surface area contributed by atoms with Crippen molar-refractivity contribution >= 4 is 33.7 Å². The molecule has 38 heavy (non-hydrogen) atoms. The second-order valence-corrected chi connectivity index (χ2v) is 9.74. The van der Waals surface area contributed by atoms with Gasteiger partial charge in [-0.3, -0.25) is 14.9 Å². The molecular formula is C29H22FN7O. The molecule has 0 bridgehead atoms. The number of carbonyl (C=O) groups is 1. The first kappa shape index (κ1) is 22.3. The molecule has 1 amide bonds. The van der Waals surface area contributed by atoms with E-state index in [4.69, 9.17) is 0 Å². The van der Waals surface area contributed by atoms with Crippen molar-refractivity contribution < 1.29 is 9.18 Å². The molecule has 1 aromatic carbocycles. The van der Waals surface area contributed by atoms with E-state index in [0.717, 1.165) is 62.8 Å². The predicted molar refractivity (Wildman–Crippen MR) is 144 cm³/mol. The summed E-state index contributed by atoms with van der Waals surface area (Å²) >= 11 is 0. The number of H-pyrrole nitrogens is 2. The topological polar surface area (TPSA) is 112 Å². The van der Waals surface area contributed by atoms with Gasteiger partial charge in [0, 0.05) is 46.4 Å². The van der Waals surface area contributed by atoms with Crippen molar-refractivity contribution in [1.82, 2.24) is 30.1 Å². The lowest BCUT2D eigenvalue weighted by molar-refractivity contribution is -0.117. The van der Waals surface area contributed by atoms with E-state index in [0.29, 0.717) is 17.0 Å². The average molecular weight is 504 g/mol. The molecule has 0 unspecified atom stereocenters. The van der Waals surface area contributed by atoms with E-state index in [9.17, 15) is 9.18 Å². The van der Waals surface area contributed by atoms with E-state index in [1.165, 1.54) is 12.1 Å². The number of aromatic nitrogens is 6. The zero-order chi connectivity index (χ0) is 25.8. The van der Waals surface area contributed by atoms with Crippen LogP contribution >= 0.6 is 0 Å². The monoisotopic (exact) mass is 503 g/mol. The summed E-state index contributed by atoms with van der Waals surface area (Å²) in [6.45, 7) is 1.88. The van der Waals surface area contributed by atoms with Crippen LogP contribution in [0.5, 0.6) is 0 Å². The van der Waals surface area contributed by atoms with E-state index < -0.39 is 0 Å². The first-order valence-corrected chi connectivity index (χ1v) is 12.4. The Balaban J connectivity index is 1.29. The molecule has 1 saturated carbocycles. The van der Waals surface area contributed by atoms with Crippen LogP contribution in [-0.2, 0) is 4.79 Å². The fraction of sp³-hybridized carbons (Fsp3) is 0.138. The Morgan fingerprint density at radius 2 is 1.84 bits per heavy atom. The van der Waals surface area contributed by atoms with Crippen LogP contribution in [0, 0.1) is 18.7 Å². The summed E-state index contributed by atoms with van der Waals surface area (Å²) in [6, 6.07) is 12.8. The number of benzene rings is 1. The highest BCUT2D eigenvalue weighted by Crippen LogP contribution is 2.35. The number of fused-ring (bicyclic) bond motifs is 2. The van der Waals surface area contributed by atoms with Gasteiger partial charge < -0.3 is 10.3 Å². The zero-order valence-corrected chi connectivity index (χ0v) is 20.4. The minimum atomic E-state index is -0.274. The highest BCUT2D eigenvalue weighted by atomic mass is 19.1. The van der Waals surface area contributed by atoms with Crippen LogP contribution in [0.25, 0.3) is 55.7 Å². The molecule has 1 aliphatic rings. The lowest BCUT2D eigenvalue weighted by Gasteiger charge is -2.07. The summed E-state index contributed by atoms with van der Waals surface area (Å²) in [5.74, 6) is -0.124. The zero-order valence-electron chi connectivity index (χ0n) is 20.4. The third kappa shape index (κ3) is 3.98. The maximum absolute atomic E-state index is 14.2. The first-order chi connectivity index (χ1) is 18.5. The van der Waals surface area contributed by atoms with Crippen LogP contribution in [0.3, 0.4) is 0 Å². The number of carbonyl (C=O) groups excluding carboxylic acids is 1. The Morgan fingerprint density at radius 1 is 0.974 bits per heavy atom. The van der Waals surface area contributed by atoms with Gasteiger partial charge in [-0.1, -0.05) is 6.07 Å². The summed E-state index contributed by atoms with van der Waals surface area (Å²) in [4.78, 5) is 28.9. The van der Waals surface area contributed by atoms with Crippen molar-refractivity contribution in [2.75, 3.05) is 5.32 Å². The maximum Gasteiger partial charge on any atom is 0.227 e. The van der Waals surface area contributed by atoms with Gasteiger partial charge in [-0.2, -0.15) is 5.10 Å². The molecule has 186 valence electrons. The third-order valence-electron chi connectivity index (χ3n) is 6.85. The molecule has 9 heteroatoms. The van der Waals surface area contributed by atoms with Crippen molar-refractivity contribution in [2.24, 2.45) is 5.92 Å². The Bertz CT molecular complexity index is 1850. The molecule has 1 fully saturated rings. The number of amides is 1. The maximum atomic E-state index is 14.2. The fourth-order valence-corrected chi connectivity index (χ4v) is 4.82. The second-order valence-electron chi connectivity index (χ2n) is 9.74. The van der Waals surface area contributed by atoms with Crippen LogP contribution < -0.4 is 5.32 Å².